The molecule has 1 fully saturated rings. The smallest absolute Gasteiger partial charge is 0.293 e. The number of carbonyl (C=O) groups is 2. The zero-order valence-corrected chi connectivity index (χ0v) is 17.0. The third-order valence-corrected chi connectivity index (χ3v) is 6.00. The van der Waals surface area contributed by atoms with E-state index in [9.17, 15) is 14.7 Å². The third kappa shape index (κ3) is 3.97. The average molecular weight is 506 g/mol. The lowest BCUT2D eigenvalue weighted by molar-refractivity contribution is -0.123. The fourth-order valence-corrected chi connectivity index (χ4v) is 4.14. The lowest BCUT2D eigenvalue weighted by Gasteiger charge is -2.14. The van der Waals surface area contributed by atoms with Crippen LogP contribution in [0.15, 0.2) is 41.3 Å². The normalized spacial score (nSPS) is 16.1. The van der Waals surface area contributed by atoms with Gasteiger partial charge in [0.1, 0.15) is 5.75 Å². The maximum Gasteiger partial charge on any atom is 0.293 e. The second-order valence-electron chi connectivity index (χ2n) is 5.18. The summed E-state index contributed by atoms with van der Waals surface area (Å²) in [5, 5.41) is 10.0. The van der Waals surface area contributed by atoms with E-state index in [-0.39, 0.29) is 17.5 Å². The number of carbonyl (C=O) groups excluding carboxylic acids is 2. The van der Waals surface area contributed by atoms with Gasteiger partial charge < -0.3 is 5.11 Å². The van der Waals surface area contributed by atoms with Crippen molar-refractivity contribution in [2.45, 2.75) is 6.54 Å². The van der Waals surface area contributed by atoms with E-state index >= 15 is 0 Å². The number of phenols is 1. The molecule has 0 atom stereocenters. The minimum Gasteiger partial charge on any atom is -0.507 e. The maximum atomic E-state index is 12.6. The van der Waals surface area contributed by atoms with Gasteiger partial charge in [-0.3, -0.25) is 14.5 Å². The summed E-state index contributed by atoms with van der Waals surface area (Å²) >= 11 is 15.1. The predicted molar refractivity (Wildman–Crippen MR) is 109 cm³/mol. The number of halogens is 3. The Kier molecular flexibility index (Phi) is 5.62. The number of rotatable bonds is 3. The number of imide groups is 1. The van der Waals surface area contributed by atoms with E-state index in [4.69, 9.17) is 23.2 Å². The Morgan fingerprint density at radius 3 is 2.48 bits per heavy atom. The highest BCUT2D eigenvalue weighted by atomic mass is 127. The van der Waals surface area contributed by atoms with Crippen LogP contribution in [0.25, 0.3) is 6.08 Å². The van der Waals surface area contributed by atoms with Gasteiger partial charge in [0.2, 0.25) is 0 Å². The van der Waals surface area contributed by atoms with Crippen LogP contribution in [0, 0.1) is 3.57 Å². The van der Waals surface area contributed by atoms with Crippen molar-refractivity contribution in [3.05, 3.63) is 66.0 Å². The second kappa shape index (κ2) is 7.57. The molecule has 0 saturated carbocycles. The number of hydrogen-bond donors (Lipinski definition) is 1. The quantitative estimate of drug-likeness (QED) is 0.439. The third-order valence-electron chi connectivity index (χ3n) is 3.52. The van der Waals surface area contributed by atoms with E-state index in [1.54, 1.807) is 42.5 Å². The minimum absolute atomic E-state index is 0.0215. The van der Waals surface area contributed by atoms with Crippen LogP contribution in [0.4, 0.5) is 4.79 Å². The number of phenolic OH excluding ortho intramolecular Hbond substituents is 1. The van der Waals surface area contributed by atoms with Crippen LogP contribution in [0.2, 0.25) is 10.0 Å². The van der Waals surface area contributed by atoms with Crippen LogP contribution in [0.3, 0.4) is 0 Å². The monoisotopic (exact) mass is 505 g/mol. The molecule has 1 aliphatic rings. The molecule has 4 nitrogen and oxygen atoms in total. The summed E-state index contributed by atoms with van der Waals surface area (Å²) in [5.74, 6) is -0.228. The van der Waals surface area contributed by atoms with Crippen LogP contribution in [0.5, 0.6) is 5.75 Å². The van der Waals surface area contributed by atoms with Gasteiger partial charge >= 0.3 is 0 Å². The van der Waals surface area contributed by atoms with Crippen molar-refractivity contribution in [1.82, 2.24) is 4.90 Å². The van der Waals surface area contributed by atoms with Crippen LogP contribution in [-0.2, 0) is 11.3 Å². The number of aromatic hydroxyl groups is 1. The predicted octanol–water partition coefficient (Wildman–Crippen LogP) is 5.54. The summed E-state index contributed by atoms with van der Waals surface area (Å²) in [6.07, 6.45) is 1.63. The van der Waals surface area contributed by atoms with Crippen LogP contribution >= 0.6 is 57.6 Å². The van der Waals surface area contributed by atoms with E-state index in [2.05, 4.69) is 0 Å². The van der Waals surface area contributed by atoms with Gasteiger partial charge in [-0.25, -0.2) is 0 Å². The molecule has 1 aliphatic heterocycles. The van der Waals surface area contributed by atoms with E-state index < -0.39 is 5.91 Å². The summed E-state index contributed by atoms with van der Waals surface area (Å²) in [6, 6.07) is 9.98. The summed E-state index contributed by atoms with van der Waals surface area (Å²) in [4.78, 5) is 26.2. The fourth-order valence-electron chi connectivity index (χ4n) is 2.24. The zero-order valence-electron chi connectivity index (χ0n) is 12.5. The first-order valence-corrected chi connectivity index (χ1v) is 9.68. The lowest BCUT2D eigenvalue weighted by atomic mass is 10.2. The van der Waals surface area contributed by atoms with Crippen molar-refractivity contribution < 1.29 is 14.7 Å². The first kappa shape index (κ1) is 18.6. The molecule has 0 bridgehead atoms. The summed E-state index contributed by atoms with van der Waals surface area (Å²) < 4.78 is 0.661. The molecule has 1 N–H and O–H groups in total. The van der Waals surface area contributed by atoms with Crippen LogP contribution < -0.4 is 0 Å². The molecule has 1 saturated heterocycles. The first-order valence-electron chi connectivity index (χ1n) is 7.03. The Hall–Kier alpha value is -1.22. The van der Waals surface area contributed by atoms with Crippen molar-refractivity contribution >= 4 is 74.8 Å². The molecule has 2 aromatic carbocycles. The Morgan fingerprint density at radius 2 is 1.84 bits per heavy atom. The van der Waals surface area contributed by atoms with Crippen molar-refractivity contribution in [3.63, 3.8) is 0 Å². The summed E-state index contributed by atoms with van der Waals surface area (Å²) in [7, 11) is 0. The number of hydrogen-bond acceptors (Lipinski definition) is 4. The summed E-state index contributed by atoms with van der Waals surface area (Å²) in [5.41, 5.74) is 1.26. The van der Waals surface area contributed by atoms with Crippen molar-refractivity contribution in [1.29, 1.82) is 0 Å². The van der Waals surface area contributed by atoms with Gasteiger partial charge in [0.15, 0.2) is 0 Å². The SMILES string of the molecule is O=C1S/C(=C\c2ccc(O)c(I)c2)C(=O)N1Cc1c(Cl)cccc1Cl. The molecule has 0 unspecified atom stereocenters. The second-order valence-corrected chi connectivity index (χ2v) is 8.15. The molecule has 2 amide bonds. The van der Waals surface area contributed by atoms with Gasteiger partial charge in [-0.1, -0.05) is 35.3 Å². The van der Waals surface area contributed by atoms with Gasteiger partial charge in [0.05, 0.1) is 15.0 Å². The molecule has 0 spiro atoms. The minimum atomic E-state index is -0.394. The Morgan fingerprint density at radius 1 is 1.16 bits per heavy atom. The maximum absolute atomic E-state index is 12.6. The highest BCUT2D eigenvalue weighted by Crippen LogP contribution is 2.36. The zero-order chi connectivity index (χ0) is 18.1. The van der Waals surface area contributed by atoms with Crippen molar-refractivity contribution in [3.8, 4) is 5.75 Å². The van der Waals surface area contributed by atoms with Gasteiger partial charge in [-0.2, -0.15) is 0 Å². The Bertz CT molecular complexity index is 897. The van der Waals surface area contributed by atoms with Crippen molar-refractivity contribution in [2.75, 3.05) is 0 Å². The highest BCUT2D eigenvalue weighted by Gasteiger charge is 2.35. The fraction of sp³-hybridized carbons (Fsp3) is 0.0588. The molecular formula is C17H10Cl2INO3S. The lowest BCUT2D eigenvalue weighted by Crippen LogP contribution is -2.27. The topological polar surface area (TPSA) is 57.6 Å². The standard InChI is InChI=1S/C17H10Cl2INO3S/c18-11-2-1-3-12(19)10(11)8-21-16(23)15(25-17(21)24)7-9-4-5-14(22)13(20)6-9/h1-7,22H,8H2/b15-7-. The van der Waals surface area contributed by atoms with E-state index in [0.717, 1.165) is 22.2 Å². The number of thioether (sulfide) groups is 1. The van der Waals surface area contributed by atoms with Crippen LogP contribution in [-0.4, -0.2) is 21.2 Å². The van der Waals surface area contributed by atoms with E-state index in [1.165, 1.54) is 0 Å². The molecule has 1 heterocycles. The molecular weight excluding hydrogens is 496 g/mol. The van der Waals surface area contributed by atoms with E-state index in [0.29, 0.717) is 24.1 Å². The molecule has 25 heavy (non-hydrogen) atoms. The number of nitrogens with zero attached hydrogens (tertiary/aromatic N) is 1. The molecule has 0 aliphatic carbocycles. The van der Waals surface area contributed by atoms with Gasteiger partial charge in [-0.05, 0) is 70.3 Å². The van der Waals surface area contributed by atoms with Gasteiger partial charge in [-0.15, -0.1) is 0 Å². The molecule has 0 radical (unpaired) electrons. The first-order chi connectivity index (χ1) is 11.9. The largest absolute Gasteiger partial charge is 0.507 e. The Labute approximate surface area is 171 Å². The van der Waals surface area contributed by atoms with Crippen molar-refractivity contribution in [2.24, 2.45) is 0 Å². The molecule has 128 valence electrons. The molecule has 8 heteroatoms. The average Bonchev–Trinajstić information content (AvgIpc) is 2.81. The van der Waals surface area contributed by atoms with Gasteiger partial charge in [0, 0.05) is 15.6 Å². The number of amides is 2. The van der Waals surface area contributed by atoms with Crippen LogP contribution in [0.1, 0.15) is 11.1 Å². The Balaban J connectivity index is 1.87. The molecule has 3 rings (SSSR count). The molecule has 0 aromatic heterocycles. The highest BCUT2D eigenvalue weighted by molar-refractivity contribution is 14.1. The number of benzene rings is 2. The summed E-state index contributed by atoms with van der Waals surface area (Å²) in [6.45, 7) is 0.0215. The molecule has 2 aromatic rings. The van der Waals surface area contributed by atoms with E-state index in [1.807, 2.05) is 22.6 Å². The van der Waals surface area contributed by atoms with Gasteiger partial charge in [0.25, 0.3) is 11.1 Å².